The molecule has 2 rings (SSSR count). The average Bonchev–Trinajstić information content (AvgIpc) is 2.25. The summed E-state index contributed by atoms with van der Waals surface area (Å²) >= 11 is 0. The smallest absolute Gasteiger partial charge is 0.339 e. The molecule has 1 fully saturated rings. The summed E-state index contributed by atoms with van der Waals surface area (Å²) < 4.78 is 0. The van der Waals surface area contributed by atoms with Crippen LogP contribution in [-0.2, 0) is 0 Å². The van der Waals surface area contributed by atoms with Gasteiger partial charge in [-0.1, -0.05) is 13.8 Å². The quantitative estimate of drug-likeness (QED) is 0.890. The van der Waals surface area contributed by atoms with Gasteiger partial charge in [0.1, 0.15) is 5.56 Å². The van der Waals surface area contributed by atoms with E-state index in [-0.39, 0.29) is 0 Å². The van der Waals surface area contributed by atoms with Crippen LogP contribution in [0.4, 0.5) is 5.69 Å². The summed E-state index contributed by atoms with van der Waals surface area (Å²) in [7, 11) is 0. The number of anilines is 1. The van der Waals surface area contributed by atoms with Crippen LogP contribution in [0.2, 0.25) is 0 Å². The van der Waals surface area contributed by atoms with Crippen molar-refractivity contribution in [3.8, 4) is 0 Å². The van der Waals surface area contributed by atoms with Gasteiger partial charge in [-0.2, -0.15) is 0 Å². The molecule has 2 atom stereocenters. The highest BCUT2D eigenvalue weighted by atomic mass is 16.4. The first-order valence-electron chi connectivity index (χ1n) is 6.85. The summed E-state index contributed by atoms with van der Waals surface area (Å²) in [5.41, 5.74) is 2.67. The van der Waals surface area contributed by atoms with E-state index >= 15 is 0 Å². The van der Waals surface area contributed by atoms with Crippen LogP contribution in [0.15, 0.2) is 6.07 Å². The second-order valence-corrected chi connectivity index (χ2v) is 5.90. The lowest BCUT2D eigenvalue weighted by atomic mass is 9.91. The zero-order valence-electron chi connectivity index (χ0n) is 12.1. The molecular weight excluding hydrogens is 240 g/mol. The molecular formula is C15H22N2O2. The van der Waals surface area contributed by atoms with E-state index in [0.29, 0.717) is 23.1 Å². The molecule has 1 N–H and O–H groups in total. The number of carbonyl (C=O) groups is 1. The summed E-state index contributed by atoms with van der Waals surface area (Å²) in [6, 6.07) is 1.90. The van der Waals surface area contributed by atoms with Gasteiger partial charge in [0.25, 0.3) is 0 Å². The summed E-state index contributed by atoms with van der Waals surface area (Å²) in [4.78, 5) is 18.0. The Bertz CT molecular complexity index is 489. The summed E-state index contributed by atoms with van der Waals surface area (Å²) in [6.07, 6.45) is 1.21. The molecule has 0 saturated carbocycles. The lowest BCUT2D eigenvalue weighted by Crippen LogP contribution is -2.39. The third-order valence-corrected chi connectivity index (χ3v) is 3.73. The van der Waals surface area contributed by atoms with Crippen LogP contribution in [0.3, 0.4) is 0 Å². The van der Waals surface area contributed by atoms with Crippen LogP contribution in [0.1, 0.15) is 42.0 Å². The molecule has 1 aromatic rings. The third kappa shape index (κ3) is 2.88. The van der Waals surface area contributed by atoms with Gasteiger partial charge in [-0.15, -0.1) is 0 Å². The largest absolute Gasteiger partial charge is 0.478 e. The highest BCUT2D eigenvalue weighted by Crippen LogP contribution is 2.30. The Balaban J connectivity index is 2.45. The van der Waals surface area contributed by atoms with Crippen molar-refractivity contribution >= 4 is 11.7 Å². The Kier molecular flexibility index (Phi) is 3.78. The number of carboxylic acid groups (broad SMARTS) is 1. The van der Waals surface area contributed by atoms with Gasteiger partial charge in [-0.3, -0.25) is 4.98 Å². The second-order valence-electron chi connectivity index (χ2n) is 5.90. The van der Waals surface area contributed by atoms with Gasteiger partial charge < -0.3 is 10.0 Å². The standard InChI is InChI=1S/C15H22N2O2/c1-9-5-10(2)8-17(7-9)13-6-11(3)16-12(4)14(13)15(18)19/h6,9-10H,5,7-8H2,1-4H3,(H,18,19). The zero-order chi connectivity index (χ0) is 14.2. The molecule has 1 aromatic heterocycles. The van der Waals surface area contributed by atoms with Gasteiger partial charge in [0.05, 0.1) is 11.4 Å². The average molecular weight is 262 g/mol. The maximum atomic E-state index is 11.5. The Morgan fingerprint density at radius 3 is 2.42 bits per heavy atom. The van der Waals surface area contributed by atoms with Crippen molar-refractivity contribution < 1.29 is 9.90 Å². The Labute approximate surface area is 114 Å². The second kappa shape index (κ2) is 5.19. The third-order valence-electron chi connectivity index (χ3n) is 3.73. The molecule has 0 bridgehead atoms. The molecule has 2 unspecified atom stereocenters. The molecule has 1 saturated heterocycles. The maximum absolute atomic E-state index is 11.5. The lowest BCUT2D eigenvalue weighted by molar-refractivity contribution is 0.0696. The van der Waals surface area contributed by atoms with Crippen LogP contribution in [0.25, 0.3) is 0 Å². The summed E-state index contributed by atoms with van der Waals surface area (Å²) in [6.45, 7) is 9.99. The number of carboxylic acids is 1. The first-order chi connectivity index (χ1) is 8.88. The predicted molar refractivity (Wildman–Crippen MR) is 75.8 cm³/mol. The molecule has 0 radical (unpaired) electrons. The van der Waals surface area contributed by atoms with Gasteiger partial charge in [0.2, 0.25) is 0 Å². The van der Waals surface area contributed by atoms with E-state index in [1.54, 1.807) is 6.92 Å². The molecule has 0 spiro atoms. The summed E-state index contributed by atoms with van der Waals surface area (Å²) in [5, 5.41) is 9.43. The molecule has 1 aliphatic heterocycles. The molecule has 4 nitrogen and oxygen atoms in total. The number of aromatic nitrogens is 1. The number of rotatable bonds is 2. The maximum Gasteiger partial charge on any atom is 0.339 e. The fourth-order valence-corrected chi connectivity index (χ4v) is 3.18. The molecule has 19 heavy (non-hydrogen) atoms. The van der Waals surface area contributed by atoms with Crippen LogP contribution < -0.4 is 4.90 Å². The minimum atomic E-state index is -0.883. The fraction of sp³-hybridized carbons (Fsp3) is 0.600. The molecule has 4 heteroatoms. The van der Waals surface area contributed by atoms with Gasteiger partial charge in [-0.25, -0.2) is 4.79 Å². The zero-order valence-corrected chi connectivity index (χ0v) is 12.1. The van der Waals surface area contributed by atoms with Crippen LogP contribution in [-0.4, -0.2) is 29.1 Å². The number of pyridine rings is 1. The van der Waals surface area contributed by atoms with Crippen molar-refractivity contribution in [1.82, 2.24) is 4.98 Å². The fourth-order valence-electron chi connectivity index (χ4n) is 3.18. The first kappa shape index (κ1) is 13.8. The van der Waals surface area contributed by atoms with Crippen molar-refractivity contribution in [3.05, 3.63) is 23.0 Å². The van der Waals surface area contributed by atoms with Crippen molar-refractivity contribution in [2.24, 2.45) is 11.8 Å². The Morgan fingerprint density at radius 1 is 1.32 bits per heavy atom. The van der Waals surface area contributed by atoms with E-state index in [0.717, 1.165) is 24.5 Å². The minimum absolute atomic E-state index is 0.354. The van der Waals surface area contributed by atoms with Crippen LogP contribution in [0.5, 0.6) is 0 Å². The normalized spacial score (nSPS) is 23.5. The summed E-state index contributed by atoms with van der Waals surface area (Å²) in [5.74, 6) is 0.309. The molecule has 0 aliphatic carbocycles. The van der Waals surface area contributed by atoms with Crippen LogP contribution in [0, 0.1) is 25.7 Å². The lowest BCUT2D eigenvalue weighted by Gasteiger charge is -2.37. The molecule has 1 aliphatic rings. The van der Waals surface area contributed by atoms with Crippen molar-refractivity contribution in [2.45, 2.75) is 34.1 Å². The first-order valence-corrected chi connectivity index (χ1v) is 6.85. The molecule has 0 aromatic carbocycles. The highest BCUT2D eigenvalue weighted by Gasteiger charge is 2.26. The molecule has 104 valence electrons. The molecule has 2 heterocycles. The SMILES string of the molecule is Cc1cc(N2CC(C)CC(C)C2)c(C(=O)O)c(C)n1. The van der Waals surface area contributed by atoms with E-state index in [2.05, 4.69) is 23.7 Å². The van der Waals surface area contributed by atoms with E-state index in [1.807, 2.05) is 13.0 Å². The monoisotopic (exact) mass is 262 g/mol. The minimum Gasteiger partial charge on any atom is -0.478 e. The number of aryl methyl sites for hydroxylation is 2. The van der Waals surface area contributed by atoms with E-state index in [1.165, 1.54) is 6.42 Å². The number of piperidine rings is 1. The van der Waals surface area contributed by atoms with Crippen LogP contribution >= 0.6 is 0 Å². The Morgan fingerprint density at radius 2 is 1.89 bits per heavy atom. The van der Waals surface area contributed by atoms with Gasteiger partial charge in [0, 0.05) is 18.8 Å². The van der Waals surface area contributed by atoms with E-state index in [9.17, 15) is 9.90 Å². The Hall–Kier alpha value is -1.58. The van der Waals surface area contributed by atoms with Crippen molar-refractivity contribution in [1.29, 1.82) is 0 Å². The molecule has 0 amide bonds. The number of hydrogen-bond acceptors (Lipinski definition) is 3. The van der Waals surface area contributed by atoms with E-state index < -0.39 is 5.97 Å². The number of hydrogen-bond donors (Lipinski definition) is 1. The van der Waals surface area contributed by atoms with Crippen molar-refractivity contribution in [2.75, 3.05) is 18.0 Å². The van der Waals surface area contributed by atoms with Crippen molar-refractivity contribution in [3.63, 3.8) is 0 Å². The predicted octanol–water partition coefficient (Wildman–Crippen LogP) is 2.88. The van der Waals surface area contributed by atoms with E-state index in [4.69, 9.17) is 0 Å². The number of aromatic carboxylic acids is 1. The van der Waals surface area contributed by atoms with Gasteiger partial charge in [0.15, 0.2) is 0 Å². The van der Waals surface area contributed by atoms with Gasteiger partial charge in [-0.05, 0) is 38.2 Å². The number of nitrogens with zero attached hydrogens (tertiary/aromatic N) is 2. The topological polar surface area (TPSA) is 53.4 Å². The van der Waals surface area contributed by atoms with Gasteiger partial charge >= 0.3 is 5.97 Å². The highest BCUT2D eigenvalue weighted by molar-refractivity contribution is 5.95.